The Kier molecular flexibility index (Phi) is 5.92. The molecule has 0 aliphatic carbocycles. The number of fused-ring (bicyclic) bond motifs is 1. The average molecular weight is 483 g/mol. The number of carbonyl (C=O) groups excluding carboxylic acids is 1. The molecule has 35 heavy (non-hydrogen) atoms. The summed E-state index contributed by atoms with van der Waals surface area (Å²) in [4.78, 5) is 22.5. The maximum atomic E-state index is 13.4. The summed E-state index contributed by atoms with van der Waals surface area (Å²) in [6.07, 6.45) is 0. The minimum Gasteiger partial charge on any atom is -0.423 e. The number of hydrogen-bond acceptors (Lipinski definition) is 7. The highest BCUT2D eigenvalue weighted by Gasteiger charge is 2.31. The van der Waals surface area contributed by atoms with Crippen molar-refractivity contribution in [2.45, 2.75) is 13.0 Å². The van der Waals surface area contributed by atoms with Gasteiger partial charge in [0.05, 0.1) is 17.2 Å². The average Bonchev–Trinajstić information content (AvgIpc) is 3.26. The molecule has 0 bridgehead atoms. The molecular formula is C26H19ClN6O2. The third kappa shape index (κ3) is 4.58. The van der Waals surface area contributed by atoms with Crippen LogP contribution in [0.1, 0.15) is 24.1 Å². The van der Waals surface area contributed by atoms with Crippen molar-refractivity contribution in [2.75, 3.05) is 10.6 Å². The first kappa shape index (κ1) is 22.2. The molecule has 1 unspecified atom stereocenters. The summed E-state index contributed by atoms with van der Waals surface area (Å²) in [6, 6.07) is 23.0. The third-order valence-corrected chi connectivity index (χ3v) is 5.82. The Labute approximate surface area is 206 Å². The molecule has 4 aromatic rings. The molecule has 1 aliphatic heterocycles. The molecule has 2 heterocycles. The van der Waals surface area contributed by atoms with E-state index in [0.29, 0.717) is 50.2 Å². The fraction of sp³-hybridized carbons (Fsp3) is 0.0769. The van der Waals surface area contributed by atoms with Crippen LogP contribution in [-0.2, 0) is 4.79 Å². The van der Waals surface area contributed by atoms with Crippen LogP contribution >= 0.6 is 11.6 Å². The molecule has 1 atom stereocenters. The van der Waals surface area contributed by atoms with E-state index in [2.05, 4.69) is 27.0 Å². The fourth-order valence-corrected chi connectivity index (χ4v) is 4.05. The van der Waals surface area contributed by atoms with E-state index in [1.54, 1.807) is 37.3 Å². The molecule has 3 aromatic carbocycles. The van der Waals surface area contributed by atoms with Gasteiger partial charge in [-0.3, -0.25) is 10.1 Å². The molecule has 9 heteroatoms. The molecule has 0 radical (unpaired) electrons. The smallest absolute Gasteiger partial charge is 0.302 e. The van der Waals surface area contributed by atoms with Crippen molar-refractivity contribution in [3.05, 3.63) is 100 Å². The Morgan fingerprint density at radius 3 is 2.57 bits per heavy atom. The predicted octanol–water partition coefficient (Wildman–Crippen LogP) is 5.38. The van der Waals surface area contributed by atoms with Gasteiger partial charge in [-0.2, -0.15) is 10.2 Å². The predicted molar refractivity (Wildman–Crippen MR) is 135 cm³/mol. The molecular weight excluding hydrogens is 464 g/mol. The van der Waals surface area contributed by atoms with Crippen LogP contribution in [-0.4, -0.2) is 16.9 Å². The number of rotatable bonds is 4. The molecule has 0 saturated heterocycles. The molecule has 1 aliphatic rings. The second kappa shape index (κ2) is 9.33. The summed E-state index contributed by atoms with van der Waals surface area (Å²) in [5, 5.41) is 18.6. The van der Waals surface area contributed by atoms with E-state index < -0.39 is 6.04 Å². The lowest BCUT2D eigenvalue weighted by molar-refractivity contribution is -0.113. The highest BCUT2D eigenvalue weighted by molar-refractivity contribution is 6.31. The van der Waals surface area contributed by atoms with E-state index in [9.17, 15) is 4.79 Å². The summed E-state index contributed by atoms with van der Waals surface area (Å²) in [5.74, 6) is 0.0307. The van der Waals surface area contributed by atoms with Crippen molar-refractivity contribution >= 4 is 46.3 Å². The number of oxazole rings is 1. The number of nitrogens with zero attached hydrogens (tertiary/aromatic N) is 3. The molecule has 0 spiro atoms. The van der Waals surface area contributed by atoms with E-state index in [0.717, 1.165) is 0 Å². The van der Waals surface area contributed by atoms with Gasteiger partial charge in [0.1, 0.15) is 11.6 Å². The van der Waals surface area contributed by atoms with E-state index in [-0.39, 0.29) is 11.9 Å². The number of nitriles is 1. The van der Waals surface area contributed by atoms with Gasteiger partial charge in [0.2, 0.25) is 5.96 Å². The van der Waals surface area contributed by atoms with Gasteiger partial charge in [0.25, 0.3) is 5.91 Å². The summed E-state index contributed by atoms with van der Waals surface area (Å²) < 4.78 is 5.76. The Balaban J connectivity index is 1.48. The molecule has 0 fully saturated rings. The number of nitrogens with one attached hydrogen (secondary N) is 3. The van der Waals surface area contributed by atoms with Crippen molar-refractivity contribution in [3.63, 3.8) is 0 Å². The van der Waals surface area contributed by atoms with Crippen molar-refractivity contribution in [3.8, 4) is 6.07 Å². The van der Waals surface area contributed by atoms with Gasteiger partial charge in [-0.15, -0.1) is 0 Å². The summed E-state index contributed by atoms with van der Waals surface area (Å²) in [6.45, 7) is 1.79. The number of aliphatic imine (C=N–C) groups is 1. The first-order chi connectivity index (χ1) is 17.0. The Bertz CT molecular complexity index is 1500. The lowest BCUT2D eigenvalue weighted by Gasteiger charge is -2.27. The number of guanidine groups is 1. The van der Waals surface area contributed by atoms with Gasteiger partial charge in [-0.05, 0) is 49.4 Å². The minimum atomic E-state index is -0.685. The summed E-state index contributed by atoms with van der Waals surface area (Å²) in [7, 11) is 0. The number of anilines is 2. The maximum absolute atomic E-state index is 13.4. The van der Waals surface area contributed by atoms with Gasteiger partial charge in [-0.1, -0.05) is 41.9 Å². The second-order valence-corrected chi connectivity index (χ2v) is 8.23. The van der Waals surface area contributed by atoms with Crippen molar-refractivity contribution in [1.82, 2.24) is 10.3 Å². The third-order valence-electron chi connectivity index (χ3n) is 5.48. The molecule has 1 aromatic heterocycles. The van der Waals surface area contributed by atoms with Gasteiger partial charge in [0.15, 0.2) is 5.58 Å². The largest absolute Gasteiger partial charge is 0.423 e. The van der Waals surface area contributed by atoms with Crippen LogP contribution in [0, 0.1) is 11.3 Å². The van der Waals surface area contributed by atoms with Gasteiger partial charge in [0, 0.05) is 22.0 Å². The van der Waals surface area contributed by atoms with Crippen LogP contribution in [0.25, 0.3) is 11.1 Å². The lowest BCUT2D eigenvalue weighted by atomic mass is 9.95. The van der Waals surface area contributed by atoms with Crippen molar-refractivity contribution in [1.29, 1.82) is 5.26 Å². The quantitative estimate of drug-likeness (QED) is 0.360. The molecule has 1 amide bonds. The molecule has 3 N–H and O–H groups in total. The van der Waals surface area contributed by atoms with Crippen LogP contribution in [0.4, 0.5) is 11.7 Å². The van der Waals surface area contributed by atoms with Crippen LogP contribution < -0.4 is 16.0 Å². The fourth-order valence-electron chi connectivity index (χ4n) is 3.81. The van der Waals surface area contributed by atoms with Gasteiger partial charge in [-0.25, -0.2) is 4.99 Å². The highest BCUT2D eigenvalue weighted by atomic mass is 35.5. The molecule has 5 rings (SSSR count). The Hall–Kier alpha value is -4.61. The first-order valence-electron chi connectivity index (χ1n) is 10.8. The van der Waals surface area contributed by atoms with Crippen molar-refractivity contribution in [2.24, 2.45) is 4.99 Å². The molecule has 0 saturated carbocycles. The lowest BCUT2D eigenvalue weighted by Crippen LogP contribution is -2.37. The number of para-hydroxylation sites is 2. The second-order valence-electron chi connectivity index (χ2n) is 7.82. The molecule has 8 nitrogen and oxygen atoms in total. The minimum absolute atomic E-state index is 0.272. The standard InChI is InChI=1S/C26H19ClN6O2/c1-15-22(24(34)30-17-12-10-16(14-28)11-13-17)23(18-6-2-3-7-19(18)27)32-25(29-15)33-26-31-20-8-4-5-9-21(20)35-26/h2-13,23H,1H3,(H,30,34)(H2,29,31,32,33). The first-order valence-corrected chi connectivity index (χ1v) is 11.1. The van der Waals surface area contributed by atoms with E-state index >= 15 is 0 Å². The Morgan fingerprint density at radius 1 is 1.09 bits per heavy atom. The number of benzene rings is 3. The van der Waals surface area contributed by atoms with Gasteiger partial charge >= 0.3 is 6.01 Å². The normalized spacial score (nSPS) is 15.2. The summed E-state index contributed by atoms with van der Waals surface area (Å²) >= 11 is 6.50. The maximum Gasteiger partial charge on any atom is 0.302 e. The van der Waals surface area contributed by atoms with E-state index in [1.165, 1.54) is 0 Å². The zero-order chi connectivity index (χ0) is 24.4. The zero-order valence-electron chi connectivity index (χ0n) is 18.5. The molecule has 172 valence electrons. The zero-order valence-corrected chi connectivity index (χ0v) is 19.3. The Morgan fingerprint density at radius 2 is 1.83 bits per heavy atom. The number of amides is 1. The number of aromatic nitrogens is 1. The number of carbonyl (C=O) groups is 1. The van der Waals surface area contributed by atoms with Crippen LogP contribution in [0.15, 0.2) is 93.5 Å². The number of halogens is 1. The van der Waals surface area contributed by atoms with Gasteiger partial charge < -0.3 is 15.1 Å². The van der Waals surface area contributed by atoms with Crippen LogP contribution in [0.2, 0.25) is 5.02 Å². The topological polar surface area (TPSA) is 115 Å². The monoisotopic (exact) mass is 482 g/mol. The van der Waals surface area contributed by atoms with Crippen molar-refractivity contribution < 1.29 is 9.21 Å². The SMILES string of the molecule is CC1=C(C(=O)Nc2ccc(C#N)cc2)C(c2ccccc2Cl)N=C(Nc2nc3ccccc3o2)N1. The number of allylic oxidation sites excluding steroid dienone is 1. The number of hydrogen-bond donors (Lipinski definition) is 3. The summed E-state index contributed by atoms with van der Waals surface area (Å²) in [5.41, 5.74) is 4.10. The van der Waals surface area contributed by atoms with Crippen LogP contribution in [0.3, 0.4) is 0 Å². The van der Waals surface area contributed by atoms with E-state index in [4.69, 9.17) is 26.3 Å². The van der Waals surface area contributed by atoms with Crippen LogP contribution in [0.5, 0.6) is 0 Å². The van der Waals surface area contributed by atoms with E-state index in [1.807, 2.05) is 42.5 Å². The highest BCUT2D eigenvalue weighted by Crippen LogP contribution is 2.35.